The summed E-state index contributed by atoms with van der Waals surface area (Å²) in [7, 11) is 0. The van der Waals surface area contributed by atoms with Gasteiger partial charge in [0.15, 0.2) is 0 Å². The van der Waals surface area contributed by atoms with Gasteiger partial charge in [0.05, 0.1) is 16.6 Å². The summed E-state index contributed by atoms with van der Waals surface area (Å²) < 4.78 is 2.51. The molecule has 0 aliphatic carbocycles. The Bertz CT molecular complexity index is 3120. The number of aromatic nitrogens is 1. The molecule has 2 aliphatic heterocycles. The van der Waals surface area contributed by atoms with Crippen LogP contribution in [0.4, 0.5) is 34.1 Å². The van der Waals surface area contributed by atoms with Crippen LogP contribution in [-0.4, -0.2) is 11.1 Å². The van der Waals surface area contributed by atoms with Gasteiger partial charge in [0, 0.05) is 55.7 Å². The zero-order valence-corrected chi connectivity index (χ0v) is 30.1. The molecule has 54 heavy (non-hydrogen) atoms. The molecule has 0 saturated carbocycles. The molecule has 2 aliphatic rings. The number of hydrogen-bond acceptors (Lipinski definition) is 2. The summed E-state index contributed by atoms with van der Waals surface area (Å²) in [5, 5.41) is 5.21. The molecule has 0 unspecified atom stereocenters. The minimum absolute atomic E-state index is 0.0364. The molecule has 0 saturated heterocycles. The van der Waals surface area contributed by atoms with Crippen molar-refractivity contribution in [1.82, 2.24) is 4.40 Å². The molecule has 4 heteroatoms. The van der Waals surface area contributed by atoms with Crippen LogP contribution in [0.1, 0.15) is 11.1 Å². The molecule has 10 aromatic rings. The Morgan fingerprint density at radius 2 is 0.981 bits per heavy atom. The molecule has 0 bridgehead atoms. The van der Waals surface area contributed by atoms with Gasteiger partial charge in [0.2, 0.25) is 0 Å². The van der Waals surface area contributed by atoms with E-state index in [9.17, 15) is 0 Å². The van der Waals surface area contributed by atoms with Gasteiger partial charge < -0.3 is 14.2 Å². The van der Waals surface area contributed by atoms with Crippen molar-refractivity contribution < 1.29 is 0 Å². The highest BCUT2D eigenvalue weighted by Crippen LogP contribution is 2.48. The van der Waals surface area contributed by atoms with Gasteiger partial charge in [-0.15, -0.1) is 0 Å². The van der Waals surface area contributed by atoms with Crippen LogP contribution >= 0.6 is 0 Å². The zero-order chi connectivity index (χ0) is 35.7. The van der Waals surface area contributed by atoms with Gasteiger partial charge in [0.1, 0.15) is 0 Å². The van der Waals surface area contributed by atoms with Crippen molar-refractivity contribution in [3.05, 3.63) is 181 Å². The third kappa shape index (κ3) is 3.87. The van der Waals surface area contributed by atoms with E-state index < -0.39 is 0 Å². The molecule has 0 spiro atoms. The molecular weight excluding hydrogens is 653 g/mol. The van der Waals surface area contributed by atoms with E-state index in [1.54, 1.807) is 0 Å². The summed E-state index contributed by atoms with van der Waals surface area (Å²) in [5.74, 6) is 0. The molecule has 0 atom stereocenters. The normalized spacial score (nSPS) is 13.3. The number of nitrogens with zero attached hydrogens (tertiary/aromatic N) is 3. The minimum atomic E-state index is 0.0364. The van der Waals surface area contributed by atoms with Gasteiger partial charge in [-0.25, -0.2) is 0 Å². The average Bonchev–Trinajstić information content (AvgIpc) is 3.72. The van der Waals surface area contributed by atoms with E-state index in [0.717, 1.165) is 11.4 Å². The van der Waals surface area contributed by atoms with Crippen molar-refractivity contribution in [1.29, 1.82) is 0 Å². The van der Waals surface area contributed by atoms with Crippen LogP contribution in [0.25, 0.3) is 49.2 Å². The SMILES string of the molecule is Cc1cccc(C)c1-c1cc2c3c(c1)N(c1ccccc1)c1cc4c(cc1B3c1ccccc1N2c1ccccc1)c1cccc2c3ccccc3n4c21. The number of rotatable bonds is 3. The fourth-order valence-corrected chi connectivity index (χ4v) is 9.99. The Morgan fingerprint density at radius 3 is 1.70 bits per heavy atom. The van der Waals surface area contributed by atoms with Crippen LogP contribution in [0.2, 0.25) is 0 Å². The van der Waals surface area contributed by atoms with Crippen molar-refractivity contribution >= 4 is 95.3 Å². The molecule has 12 rings (SSSR count). The molecule has 2 aromatic heterocycles. The molecular formula is C50H34BN3. The highest BCUT2D eigenvalue weighted by Gasteiger charge is 2.44. The molecule has 0 radical (unpaired) electrons. The summed E-state index contributed by atoms with van der Waals surface area (Å²) in [5.41, 5.74) is 20.1. The Hall–Kier alpha value is -6.78. The van der Waals surface area contributed by atoms with Gasteiger partial charge >= 0.3 is 0 Å². The second-order valence-electron chi connectivity index (χ2n) is 15.0. The first-order chi connectivity index (χ1) is 26.7. The van der Waals surface area contributed by atoms with Crippen LogP contribution in [0.15, 0.2) is 170 Å². The van der Waals surface area contributed by atoms with Crippen LogP contribution in [0.3, 0.4) is 0 Å². The fourth-order valence-electron chi connectivity index (χ4n) is 9.99. The number of aryl methyl sites for hydroxylation is 2. The third-order valence-electron chi connectivity index (χ3n) is 12.1. The van der Waals surface area contributed by atoms with E-state index in [1.807, 2.05) is 0 Å². The molecule has 252 valence electrons. The standard InChI is InChI=1S/C50H34BN3/c1-31-15-13-16-32(2)48(31)33-27-46-49-47(28-33)53(35-19-7-4-8-20-35)45-30-44-39(38-23-14-22-37-36-21-9-11-25-42(36)54(44)50(37)38)29-41(45)51(49)40-24-10-12-26-43(40)52(46)34-17-5-3-6-18-34/h3-30H,1-2H3. The number of para-hydroxylation sites is 5. The first-order valence-corrected chi connectivity index (χ1v) is 18.9. The maximum absolute atomic E-state index is 2.55. The lowest BCUT2D eigenvalue weighted by atomic mass is 9.33. The Balaban J connectivity index is 1.26. The third-order valence-corrected chi connectivity index (χ3v) is 12.1. The van der Waals surface area contributed by atoms with Gasteiger partial charge in [-0.3, -0.25) is 0 Å². The number of fused-ring (bicyclic) bond motifs is 10. The Kier molecular flexibility index (Phi) is 6.00. The van der Waals surface area contributed by atoms with Gasteiger partial charge in [-0.1, -0.05) is 115 Å². The van der Waals surface area contributed by atoms with E-state index in [1.165, 1.54) is 99.5 Å². The van der Waals surface area contributed by atoms with Gasteiger partial charge in [-0.2, -0.15) is 0 Å². The molecule has 0 N–H and O–H groups in total. The molecule has 0 fully saturated rings. The Morgan fingerprint density at radius 1 is 0.407 bits per heavy atom. The minimum Gasteiger partial charge on any atom is -0.311 e. The number of anilines is 6. The van der Waals surface area contributed by atoms with Crippen molar-refractivity contribution in [2.75, 3.05) is 9.80 Å². The highest BCUT2D eigenvalue weighted by molar-refractivity contribution is 7.00. The lowest BCUT2D eigenvalue weighted by Crippen LogP contribution is -2.61. The topological polar surface area (TPSA) is 10.9 Å². The quantitative estimate of drug-likeness (QED) is 0.171. The van der Waals surface area contributed by atoms with E-state index >= 15 is 0 Å². The first-order valence-electron chi connectivity index (χ1n) is 18.9. The predicted octanol–water partition coefficient (Wildman–Crippen LogP) is 11.2. The van der Waals surface area contributed by atoms with E-state index in [2.05, 4.69) is 198 Å². The molecule has 0 amide bonds. The summed E-state index contributed by atoms with van der Waals surface area (Å²) in [4.78, 5) is 5.05. The van der Waals surface area contributed by atoms with Crippen LogP contribution in [-0.2, 0) is 0 Å². The Labute approximate surface area is 314 Å². The molecule has 4 heterocycles. The van der Waals surface area contributed by atoms with Crippen molar-refractivity contribution in [2.45, 2.75) is 13.8 Å². The number of hydrogen-bond donors (Lipinski definition) is 0. The summed E-state index contributed by atoms with van der Waals surface area (Å²) in [6.45, 7) is 4.52. The maximum atomic E-state index is 2.55. The van der Waals surface area contributed by atoms with E-state index in [4.69, 9.17) is 0 Å². The van der Waals surface area contributed by atoms with E-state index in [-0.39, 0.29) is 6.71 Å². The molecule has 8 aromatic carbocycles. The number of benzene rings is 8. The molecule has 3 nitrogen and oxygen atoms in total. The van der Waals surface area contributed by atoms with E-state index in [0.29, 0.717) is 0 Å². The largest absolute Gasteiger partial charge is 0.311 e. The first kappa shape index (κ1) is 29.8. The van der Waals surface area contributed by atoms with Crippen molar-refractivity contribution in [3.63, 3.8) is 0 Å². The van der Waals surface area contributed by atoms with Crippen LogP contribution in [0.5, 0.6) is 0 Å². The van der Waals surface area contributed by atoms with Crippen molar-refractivity contribution in [3.8, 4) is 11.1 Å². The predicted molar refractivity (Wildman–Crippen MR) is 230 cm³/mol. The average molecular weight is 688 g/mol. The zero-order valence-electron chi connectivity index (χ0n) is 30.1. The highest BCUT2D eigenvalue weighted by atomic mass is 15.2. The van der Waals surface area contributed by atoms with Crippen LogP contribution in [0, 0.1) is 13.8 Å². The fraction of sp³-hybridized carbons (Fsp3) is 0.0400. The second-order valence-corrected chi connectivity index (χ2v) is 15.0. The summed E-state index contributed by atoms with van der Waals surface area (Å²) in [6, 6.07) is 63.3. The smallest absolute Gasteiger partial charge is 0.252 e. The second kappa shape index (κ2) is 10.9. The van der Waals surface area contributed by atoms with Gasteiger partial charge in [-0.05, 0) is 107 Å². The van der Waals surface area contributed by atoms with Crippen LogP contribution < -0.4 is 26.2 Å². The maximum Gasteiger partial charge on any atom is 0.252 e. The van der Waals surface area contributed by atoms with Gasteiger partial charge in [0.25, 0.3) is 6.71 Å². The lowest BCUT2D eigenvalue weighted by molar-refractivity contribution is 1.25. The summed E-state index contributed by atoms with van der Waals surface area (Å²) >= 11 is 0. The van der Waals surface area contributed by atoms with Crippen molar-refractivity contribution in [2.24, 2.45) is 0 Å². The monoisotopic (exact) mass is 687 g/mol. The lowest BCUT2D eigenvalue weighted by Gasteiger charge is -2.44. The summed E-state index contributed by atoms with van der Waals surface area (Å²) in [6.07, 6.45) is 0.